The Labute approximate surface area is 385 Å². The van der Waals surface area contributed by atoms with Gasteiger partial charge in [0.25, 0.3) is 21.6 Å². The van der Waals surface area contributed by atoms with Crippen molar-refractivity contribution in [3.05, 3.63) is 99.9 Å². The van der Waals surface area contributed by atoms with E-state index >= 15 is 0 Å². The molecule has 1 amide bonds. The van der Waals surface area contributed by atoms with Crippen LogP contribution < -0.4 is 24.6 Å². The van der Waals surface area contributed by atoms with Crippen LogP contribution >= 0.6 is 0 Å². The Balaban J connectivity index is 0.895. The van der Waals surface area contributed by atoms with Crippen molar-refractivity contribution in [2.75, 3.05) is 67.7 Å². The number of piperidine rings is 1. The largest absolute Gasteiger partial charge is 0.476 e. The third-order valence-corrected chi connectivity index (χ3v) is 16.0. The number of aromatic nitrogens is 3. The molecule has 3 N–H and O–H groups in total. The van der Waals surface area contributed by atoms with Gasteiger partial charge in [-0.05, 0) is 123 Å². The average Bonchev–Trinajstić information content (AvgIpc) is 3.95. The zero-order chi connectivity index (χ0) is 45.6. The summed E-state index contributed by atoms with van der Waals surface area (Å²) in [6.07, 6.45) is 12.2. The lowest BCUT2D eigenvalue weighted by Crippen LogP contribution is -2.55. The summed E-state index contributed by atoms with van der Waals surface area (Å²) in [5.74, 6) is 0.262. The first-order valence-electron chi connectivity index (χ1n) is 23.6. The van der Waals surface area contributed by atoms with Gasteiger partial charge in [-0.1, -0.05) is 38.1 Å². The Bertz CT molecular complexity index is 2720. The van der Waals surface area contributed by atoms with Gasteiger partial charge in [0, 0.05) is 68.7 Å². The zero-order valence-electron chi connectivity index (χ0n) is 37.7. The fourth-order valence-corrected chi connectivity index (χ4v) is 12.1. The first-order chi connectivity index (χ1) is 31.9. The minimum absolute atomic E-state index is 0.103. The van der Waals surface area contributed by atoms with Crippen molar-refractivity contribution in [1.29, 1.82) is 0 Å². The molecule has 16 nitrogen and oxygen atoms in total. The number of nitrogens with one attached hydrogen (secondary N) is 3. The molecular weight excluding hydrogens is 859 g/mol. The summed E-state index contributed by atoms with van der Waals surface area (Å²) in [4.78, 5) is 45.1. The van der Waals surface area contributed by atoms with E-state index in [-0.39, 0.29) is 17.2 Å². The van der Waals surface area contributed by atoms with Crippen molar-refractivity contribution in [1.82, 2.24) is 24.6 Å². The molecule has 348 valence electrons. The number of fused-ring (bicyclic) bond motifs is 2. The summed E-state index contributed by atoms with van der Waals surface area (Å²) in [5.41, 5.74) is 5.80. The van der Waals surface area contributed by atoms with Crippen molar-refractivity contribution in [3.8, 4) is 5.88 Å². The number of anilines is 4. The summed E-state index contributed by atoms with van der Waals surface area (Å²) < 4.78 is 41.6. The number of carbonyl (C=O) groups excluding carboxylic acids is 1. The molecule has 0 radical (unpaired) electrons. The van der Waals surface area contributed by atoms with E-state index in [4.69, 9.17) is 14.5 Å². The molecule has 2 aromatic carbocycles. The SMILES string of the molecule is CC(C)c1ccccc1C1CCCN1C1CC2(CCN(c3ccc(C(=O)NS(=O)(=O)c4cc([N+](=O)[O-])c(NCC5CCOCC5)cn4)c(N4CCCOc5nc6[nH]ccc6cc54)c3)CC2)C1. The maximum Gasteiger partial charge on any atom is 0.296 e. The molecule has 1 saturated carbocycles. The smallest absolute Gasteiger partial charge is 0.296 e. The molecule has 1 aliphatic carbocycles. The van der Waals surface area contributed by atoms with Crippen LogP contribution in [0, 0.1) is 21.4 Å². The van der Waals surface area contributed by atoms with Gasteiger partial charge in [-0.2, -0.15) is 13.4 Å². The topological polar surface area (TPSA) is 188 Å². The standard InChI is InChI=1S/C49H59N9O7S/c1-32(2)37-7-3-4-8-38(37)41-9-5-18-56(41)36-28-49(29-36)15-20-55(21-16-49)35-10-11-39(42(26-35)57-19-6-22-65-48-44(57)25-34-12-17-50-46(34)53-48)47(59)54-66(62,63)45-27-43(58(60)61)40(31-52-45)51-30-33-13-23-64-24-14-33/h3-4,7-8,10-12,17,25-27,31-33,36,41,51H,5-6,9,13-16,18-24,28-30H2,1-2H3,(H,50,53)(H,54,59). The molecule has 3 saturated heterocycles. The van der Waals surface area contributed by atoms with Gasteiger partial charge in [0.2, 0.25) is 5.88 Å². The molecule has 10 rings (SSSR count). The molecule has 17 heteroatoms. The molecule has 0 bridgehead atoms. The number of nitrogens with zero attached hydrogens (tertiary/aromatic N) is 6. The normalized spacial score (nSPS) is 20.5. The molecule has 1 unspecified atom stereocenters. The first kappa shape index (κ1) is 44.1. The van der Waals surface area contributed by atoms with Crippen LogP contribution in [0.5, 0.6) is 5.88 Å². The van der Waals surface area contributed by atoms with Crippen LogP contribution in [0.25, 0.3) is 11.0 Å². The fraction of sp³-hybridized carbons (Fsp3) is 0.490. The van der Waals surface area contributed by atoms with E-state index in [0.717, 1.165) is 68.7 Å². The van der Waals surface area contributed by atoms with Gasteiger partial charge in [-0.25, -0.2) is 9.71 Å². The Morgan fingerprint density at radius 1 is 0.970 bits per heavy atom. The number of likely N-dealkylation sites (tertiary alicyclic amines) is 1. The van der Waals surface area contributed by atoms with Gasteiger partial charge < -0.3 is 29.6 Å². The number of sulfonamides is 1. The van der Waals surface area contributed by atoms with Gasteiger partial charge in [-0.3, -0.25) is 19.8 Å². The Morgan fingerprint density at radius 3 is 2.56 bits per heavy atom. The van der Waals surface area contributed by atoms with Crippen molar-refractivity contribution in [2.45, 2.75) is 94.7 Å². The maximum atomic E-state index is 14.4. The second-order valence-electron chi connectivity index (χ2n) is 19.2. The lowest BCUT2D eigenvalue weighted by molar-refractivity contribution is -0.384. The highest BCUT2D eigenvalue weighted by Gasteiger charge is 2.50. The van der Waals surface area contributed by atoms with E-state index < -0.39 is 31.6 Å². The quantitative estimate of drug-likeness (QED) is 0.0800. The van der Waals surface area contributed by atoms with Gasteiger partial charge in [0.1, 0.15) is 17.0 Å². The Kier molecular flexibility index (Phi) is 12.1. The third-order valence-electron chi connectivity index (χ3n) is 14.8. The summed E-state index contributed by atoms with van der Waals surface area (Å²) in [5, 5.41) is 15.5. The van der Waals surface area contributed by atoms with Gasteiger partial charge in [0.15, 0.2) is 5.03 Å². The van der Waals surface area contributed by atoms with E-state index in [1.54, 1.807) is 6.07 Å². The molecule has 1 atom stereocenters. The highest BCUT2D eigenvalue weighted by molar-refractivity contribution is 7.90. The molecule has 66 heavy (non-hydrogen) atoms. The molecule has 1 spiro atoms. The number of H-pyrrole nitrogens is 1. The predicted molar refractivity (Wildman–Crippen MR) is 253 cm³/mol. The summed E-state index contributed by atoms with van der Waals surface area (Å²) >= 11 is 0. The van der Waals surface area contributed by atoms with E-state index in [1.807, 2.05) is 35.4 Å². The number of ether oxygens (including phenoxy) is 2. The van der Waals surface area contributed by atoms with Crippen LogP contribution in [0.3, 0.4) is 0 Å². The number of rotatable bonds is 12. The molecular formula is C49H59N9O7S. The van der Waals surface area contributed by atoms with Crippen LogP contribution in [-0.2, 0) is 14.8 Å². The number of pyridine rings is 2. The molecule has 5 aromatic rings. The van der Waals surface area contributed by atoms with Crippen LogP contribution in [0.1, 0.15) is 105 Å². The van der Waals surface area contributed by atoms with Crippen molar-refractivity contribution in [2.24, 2.45) is 11.3 Å². The monoisotopic (exact) mass is 917 g/mol. The number of hydrogen-bond acceptors (Lipinski definition) is 13. The van der Waals surface area contributed by atoms with E-state index in [9.17, 15) is 23.3 Å². The Morgan fingerprint density at radius 2 is 1.77 bits per heavy atom. The maximum absolute atomic E-state index is 14.4. The molecule has 5 aliphatic rings. The number of hydrogen-bond donors (Lipinski definition) is 3. The van der Waals surface area contributed by atoms with Crippen LogP contribution in [0.2, 0.25) is 0 Å². The Hall–Kier alpha value is -5.78. The van der Waals surface area contributed by atoms with Gasteiger partial charge in [0.05, 0.1) is 35.0 Å². The van der Waals surface area contributed by atoms with Crippen molar-refractivity contribution < 1.29 is 27.6 Å². The number of carbonyl (C=O) groups is 1. The summed E-state index contributed by atoms with van der Waals surface area (Å²) in [6, 6.07) is 20.4. The molecule has 4 aliphatic heterocycles. The minimum atomic E-state index is -4.66. The molecule has 3 aromatic heterocycles. The number of benzene rings is 2. The summed E-state index contributed by atoms with van der Waals surface area (Å²) in [7, 11) is -4.66. The third kappa shape index (κ3) is 8.68. The van der Waals surface area contributed by atoms with Crippen molar-refractivity contribution in [3.63, 3.8) is 0 Å². The zero-order valence-corrected chi connectivity index (χ0v) is 38.5. The number of aromatic amines is 1. The average molecular weight is 918 g/mol. The minimum Gasteiger partial charge on any atom is -0.476 e. The van der Waals surface area contributed by atoms with Crippen molar-refractivity contribution >= 4 is 55.4 Å². The first-order valence-corrected chi connectivity index (χ1v) is 25.1. The molecule has 7 heterocycles. The van der Waals surface area contributed by atoms with Crippen LogP contribution in [0.4, 0.5) is 28.4 Å². The van der Waals surface area contributed by atoms with Gasteiger partial charge in [-0.15, -0.1) is 0 Å². The molecule has 4 fully saturated rings. The van der Waals surface area contributed by atoms with Crippen LogP contribution in [-0.4, -0.2) is 97.7 Å². The number of amides is 1. The van der Waals surface area contributed by atoms with E-state index in [1.165, 1.54) is 36.8 Å². The second-order valence-corrected chi connectivity index (χ2v) is 20.8. The van der Waals surface area contributed by atoms with E-state index in [0.29, 0.717) is 85.6 Å². The highest BCUT2D eigenvalue weighted by Crippen LogP contribution is 2.54. The lowest BCUT2D eigenvalue weighted by Gasteiger charge is -2.56. The fourth-order valence-electron chi connectivity index (χ4n) is 11.2. The van der Waals surface area contributed by atoms with E-state index in [2.05, 4.69) is 67.9 Å². The van der Waals surface area contributed by atoms with Gasteiger partial charge >= 0.3 is 0 Å². The number of nitro groups is 1. The van der Waals surface area contributed by atoms with Crippen LogP contribution in [0.15, 0.2) is 78.1 Å². The predicted octanol–water partition coefficient (Wildman–Crippen LogP) is 8.45. The highest BCUT2D eigenvalue weighted by atomic mass is 32.2. The lowest BCUT2D eigenvalue weighted by atomic mass is 9.59. The summed E-state index contributed by atoms with van der Waals surface area (Å²) in [6.45, 7) is 10.0. The second kappa shape index (κ2) is 18.1.